The molecule has 1 aromatic carbocycles. The molecular weight excluding hydrogens is 344 g/mol. The molecule has 0 aromatic heterocycles. The van der Waals surface area contributed by atoms with E-state index in [1.807, 2.05) is 12.1 Å². The van der Waals surface area contributed by atoms with Crippen LogP contribution in [0, 0.1) is 11.8 Å². The molecule has 2 fully saturated rings. The predicted octanol–water partition coefficient (Wildman–Crippen LogP) is 2.71. The van der Waals surface area contributed by atoms with Crippen molar-refractivity contribution < 1.29 is 19.5 Å². The molecule has 1 aromatic rings. The number of amides is 2. The molecule has 2 amide bonds. The van der Waals surface area contributed by atoms with Gasteiger partial charge in [0.1, 0.15) is 0 Å². The van der Waals surface area contributed by atoms with Crippen molar-refractivity contribution in [3.05, 3.63) is 29.8 Å². The number of hydrogen-bond acceptors (Lipinski definition) is 3. The minimum Gasteiger partial charge on any atom is -0.481 e. The lowest BCUT2D eigenvalue weighted by atomic mass is 9.95. The van der Waals surface area contributed by atoms with Crippen molar-refractivity contribution in [1.29, 1.82) is 0 Å². The van der Waals surface area contributed by atoms with Crippen LogP contribution in [0.2, 0.25) is 0 Å². The fourth-order valence-electron chi connectivity index (χ4n) is 3.95. The fraction of sp³-hybridized carbons (Fsp3) is 0.571. The smallest absolute Gasteiger partial charge is 0.306 e. The number of aryl methyl sites for hydroxylation is 1. The van der Waals surface area contributed by atoms with Gasteiger partial charge in [-0.05, 0) is 43.4 Å². The van der Waals surface area contributed by atoms with Crippen molar-refractivity contribution >= 4 is 23.5 Å². The molecule has 6 nitrogen and oxygen atoms in total. The van der Waals surface area contributed by atoms with Gasteiger partial charge in [-0.25, -0.2) is 0 Å². The normalized spacial score (nSPS) is 20.9. The summed E-state index contributed by atoms with van der Waals surface area (Å²) in [6.07, 6.45) is 4.56. The van der Waals surface area contributed by atoms with E-state index in [1.165, 1.54) is 5.56 Å². The van der Waals surface area contributed by atoms with Crippen molar-refractivity contribution in [3.8, 4) is 0 Å². The van der Waals surface area contributed by atoms with Crippen molar-refractivity contribution in [1.82, 2.24) is 4.90 Å². The van der Waals surface area contributed by atoms with Crippen LogP contribution in [-0.4, -0.2) is 47.4 Å². The molecule has 1 atom stereocenters. The zero-order valence-electron chi connectivity index (χ0n) is 15.9. The highest BCUT2D eigenvalue weighted by atomic mass is 16.4. The number of carbonyl (C=O) groups is 3. The monoisotopic (exact) mass is 372 g/mol. The molecule has 2 saturated heterocycles. The molecule has 27 heavy (non-hydrogen) atoms. The number of carboxylic acid groups (broad SMARTS) is 1. The zero-order chi connectivity index (χ0) is 19.4. The van der Waals surface area contributed by atoms with E-state index in [4.69, 9.17) is 5.11 Å². The highest BCUT2D eigenvalue weighted by Crippen LogP contribution is 2.28. The van der Waals surface area contributed by atoms with Gasteiger partial charge in [0.25, 0.3) is 0 Å². The number of nitrogens with zero attached hydrogens (tertiary/aromatic N) is 2. The Balaban J connectivity index is 1.58. The Morgan fingerprint density at radius 1 is 1.11 bits per heavy atom. The molecule has 0 aliphatic carbocycles. The van der Waals surface area contributed by atoms with E-state index >= 15 is 0 Å². The Bertz CT molecular complexity index is 693. The lowest BCUT2D eigenvalue weighted by Gasteiger charge is -2.31. The highest BCUT2D eigenvalue weighted by Gasteiger charge is 2.38. The maximum Gasteiger partial charge on any atom is 0.306 e. The largest absolute Gasteiger partial charge is 0.481 e. The number of anilines is 1. The summed E-state index contributed by atoms with van der Waals surface area (Å²) in [7, 11) is 0. The number of aliphatic carboxylic acids is 1. The number of benzene rings is 1. The highest BCUT2D eigenvalue weighted by molar-refractivity contribution is 6.00. The quantitative estimate of drug-likeness (QED) is 0.833. The van der Waals surface area contributed by atoms with Crippen LogP contribution in [-0.2, 0) is 20.8 Å². The average molecular weight is 372 g/mol. The van der Waals surface area contributed by atoms with Gasteiger partial charge < -0.3 is 14.9 Å². The second-order valence-electron chi connectivity index (χ2n) is 7.61. The van der Waals surface area contributed by atoms with E-state index in [2.05, 4.69) is 19.1 Å². The third-order valence-electron chi connectivity index (χ3n) is 5.70. The van der Waals surface area contributed by atoms with Gasteiger partial charge in [0, 0.05) is 31.7 Å². The Kier molecular flexibility index (Phi) is 6.14. The Morgan fingerprint density at radius 3 is 2.37 bits per heavy atom. The molecule has 2 aliphatic rings. The van der Waals surface area contributed by atoms with E-state index in [-0.39, 0.29) is 30.1 Å². The second kappa shape index (κ2) is 8.55. The third kappa shape index (κ3) is 4.49. The van der Waals surface area contributed by atoms with Crippen molar-refractivity contribution in [3.63, 3.8) is 0 Å². The lowest BCUT2D eigenvalue weighted by Crippen LogP contribution is -2.43. The first-order chi connectivity index (χ1) is 13.0. The minimum atomic E-state index is -0.785. The second-order valence-corrected chi connectivity index (χ2v) is 7.61. The number of carbonyl (C=O) groups excluding carboxylic acids is 2. The molecule has 1 N–H and O–H groups in total. The summed E-state index contributed by atoms with van der Waals surface area (Å²) in [6.45, 7) is 3.50. The summed E-state index contributed by atoms with van der Waals surface area (Å²) >= 11 is 0. The number of carboxylic acids is 1. The molecule has 0 bridgehead atoms. The molecular formula is C21H28N2O4. The fourth-order valence-corrected chi connectivity index (χ4v) is 3.95. The molecule has 2 aliphatic heterocycles. The van der Waals surface area contributed by atoms with E-state index in [0.29, 0.717) is 32.5 Å². The van der Waals surface area contributed by atoms with Crippen LogP contribution in [0.5, 0.6) is 0 Å². The summed E-state index contributed by atoms with van der Waals surface area (Å²) in [5, 5.41) is 9.08. The first-order valence-electron chi connectivity index (χ1n) is 9.90. The SMILES string of the molecule is CCCCc1ccc(N2CC(C(=O)N3CCC(C(=O)O)CC3)CC2=O)cc1. The van der Waals surface area contributed by atoms with Gasteiger partial charge in [-0.1, -0.05) is 25.5 Å². The minimum absolute atomic E-state index is 0.0184. The molecule has 6 heteroatoms. The summed E-state index contributed by atoms with van der Waals surface area (Å²) in [4.78, 5) is 39.7. The van der Waals surface area contributed by atoms with Crippen LogP contribution < -0.4 is 4.90 Å². The molecule has 0 saturated carbocycles. The van der Waals surface area contributed by atoms with Gasteiger partial charge in [-0.2, -0.15) is 0 Å². The van der Waals surface area contributed by atoms with Gasteiger partial charge in [0.05, 0.1) is 11.8 Å². The van der Waals surface area contributed by atoms with Crippen LogP contribution in [0.3, 0.4) is 0 Å². The van der Waals surface area contributed by atoms with Crippen LogP contribution in [0.25, 0.3) is 0 Å². The Hall–Kier alpha value is -2.37. The Labute approximate surface area is 160 Å². The van der Waals surface area contributed by atoms with E-state index in [0.717, 1.165) is 24.9 Å². The number of hydrogen-bond donors (Lipinski definition) is 1. The van der Waals surface area contributed by atoms with Crippen molar-refractivity contribution in [2.75, 3.05) is 24.5 Å². The summed E-state index contributed by atoms with van der Waals surface area (Å²) < 4.78 is 0. The molecule has 3 rings (SSSR count). The number of piperidine rings is 1. The van der Waals surface area contributed by atoms with Crippen LogP contribution >= 0.6 is 0 Å². The van der Waals surface area contributed by atoms with Gasteiger partial charge in [-0.3, -0.25) is 14.4 Å². The zero-order valence-corrected chi connectivity index (χ0v) is 15.9. The van der Waals surface area contributed by atoms with Gasteiger partial charge in [0.15, 0.2) is 0 Å². The van der Waals surface area contributed by atoms with Crippen LogP contribution in [0.1, 0.15) is 44.6 Å². The number of likely N-dealkylation sites (tertiary alicyclic amines) is 1. The van der Waals surface area contributed by atoms with Crippen LogP contribution in [0.4, 0.5) is 5.69 Å². The summed E-state index contributed by atoms with van der Waals surface area (Å²) in [6, 6.07) is 8.05. The first-order valence-corrected chi connectivity index (χ1v) is 9.90. The average Bonchev–Trinajstić information content (AvgIpc) is 3.08. The standard InChI is InChI=1S/C21H28N2O4/c1-2-3-4-15-5-7-18(8-6-15)23-14-17(13-19(23)24)20(25)22-11-9-16(10-12-22)21(26)27/h5-8,16-17H,2-4,9-14H2,1H3,(H,26,27). The third-order valence-corrected chi connectivity index (χ3v) is 5.70. The molecule has 0 spiro atoms. The van der Waals surface area contributed by atoms with E-state index in [1.54, 1.807) is 9.80 Å². The predicted molar refractivity (Wildman–Crippen MR) is 102 cm³/mol. The number of rotatable bonds is 6. The van der Waals surface area contributed by atoms with Crippen LogP contribution in [0.15, 0.2) is 24.3 Å². The summed E-state index contributed by atoms with van der Waals surface area (Å²) in [5.41, 5.74) is 2.11. The molecule has 1 unspecified atom stereocenters. The van der Waals surface area contributed by atoms with Crippen molar-refractivity contribution in [2.45, 2.75) is 45.4 Å². The van der Waals surface area contributed by atoms with E-state index in [9.17, 15) is 14.4 Å². The molecule has 146 valence electrons. The molecule has 2 heterocycles. The van der Waals surface area contributed by atoms with Gasteiger partial charge in [0.2, 0.25) is 11.8 Å². The number of unbranched alkanes of at least 4 members (excludes halogenated alkanes) is 1. The van der Waals surface area contributed by atoms with E-state index < -0.39 is 5.97 Å². The van der Waals surface area contributed by atoms with Crippen molar-refractivity contribution in [2.24, 2.45) is 11.8 Å². The lowest BCUT2D eigenvalue weighted by molar-refractivity contribution is -0.146. The maximum atomic E-state index is 12.8. The topological polar surface area (TPSA) is 77.9 Å². The molecule has 0 radical (unpaired) electrons. The Morgan fingerprint density at radius 2 is 1.78 bits per heavy atom. The summed E-state index contributed by atoms with van der Waals surface area (Å²) in [5.74, 6) is -1.52. The first kappa shape index (κ1) is 19.4. The maximum absolute atomic E-state index is 12.8. The van der Waals surface area contributed by atoms with Gasteiger partial charge >= 0.3 is 5.97 Å². The van der Waals surface area contributed by atoms with Gasteiger partial charge in [-0.15, -0.1) is 0 Å².